The molecule has 0 amide bonds. The molecule has 0 unspecified atom stereocenters. The van der Waals surface area contributed by atoms with Gasteiger partial charge in [-0.3, -0.25) is 4.98 Å². The third kappa shape index (κ3) is 4.28. The Morgan fingerprint density at radius 2 is 1.38 bits per heavy atom. The third-order valence-corrected chi connectivity index (χ3v) is 7.29. The molecule has 0 aliphatic carbocycles. The maximum absolute atomic E-state index is 4.76. The van der Waals surface area contributed by atoms with Crippen LogP contribution in [0.5, 0.6) is 0 Å². The van der Waals surface area contributed by atoms with Crippen LogP contribution in [0, 0.1) is 0 Å². The monoisotopic (exact) mass is 517 g/mol. The lowest BCUT2D eigenvalue weighted by Crippen LogP contribution is -2.08. The summed E-state index contributed by atoms with van der Waals surface area (Å²) in [4.78, 5) is 16.0. The molecular weight excluding hydrogens is 490 g/mol. The summed E-state index contributed by atoms with van der Waals surface area (Å²) in [6.45, 7) is 0. The van der Waals surface area contributed by atoms with Crippen LogP contribution < -0.4 is 4.90 Å². The second-order valence-corrected chi connectivity index (χ2v) is 10.1. The van der Waals surface area contributed by atoms with Gasteiger partial charge < -0.3 is 9.47 Å². The minimum atomic E-state index is 0.621. The van der Waals surface area contributed by atoms with Crippen LogP contribution in [-0.4, -0.2) is 33.6 Å². The van der Waals surface area contributed by atoms with Crippen LogP contribution in [0.4, 0.5) is 5.69 Å². The fourth-order valence-electron chi connectivity index (χ4n) is 5.22. The average Bonchev–Trinajstić information content (AvgIpc) is 3.34. The predicted molar refractivity (Wildman–Crippen MR) is 167 cm³/mol. The molecule has 0 aliphatic heterocycles. The first kappa shape index (κ1) is 23.8. The van der Waals surface area contributed by atoms with Crippen LogP contribution in [0.1, 0.15) is 11.1 Å². The number of hydrogen-bond acceptors (Lipinski definition) is 4. The van der Waals surface area contributed by atoms with E-state index in [9.17, 15) is 0 Å². The number of anilines is 1. The molecule has 192 valence electrons. The van der Waals surface area contributed by atoms with Crippen LogP contribution in [0.25, 0.3) is 62.1 Å². The summed E-state index contributed by atoms with van der Waals surface area (Å²) < 4.78 is 2.33. The highest BCUT2D eigenvalue weighted by Gasteiger charge is 2.11. The van der Waals surface area contributed by atoms with Gasteiger partial charge in [0.25, 0.3) is 0 Å². The number of para-hydroxylation sites is 2. The molecule has 3 aromatic heterocycles. The third-order valence-electron chi connectivity index (χ3n) is 7.29. The SMILES string of the molecule is CN(C)c1ccc2nc(-c3cc(/C=C/c4ccc(-n5c6ccccc6c6ccccc65)cc4)ccn3)ncc2c1. The van der Waals surface area contributed by atoms with Gasteiger partial charge in [-0.25, -0.2) is 9.97 Å². The van der Waals surface area contributed by atoms with E-state index in [2.05, 4.69) is 117 Å². The van der Waals surface area contributed by atoms with Gasteiger partial charge in [-0.2, -0.15) is 0 Å². The van der Waals surface area contributed by atoms with E-state index in [-0.39, 0.29) is 0 Å². The molecule has 0 N–H and O–H groups in total. The highest BCUT2D eigenvalue weighted by atomic mass is 15.1. The molecule has 0 fully saturated rings. The second-order valence-electron chi connectivity index (χ2n) is 10.1. The molecular formula is C35H27N5. The summed E-state index contributed by atoms with van der Waals surface area (Å²) in [5, 5.41) is 3.55. The Labute approximate surface area is 232 Å². The topological polar surface area (TPSA) is 46.8 Å². The molecule has 0 radical (unpaired) electrons. The highest BCUT2D eigenvalue weighted by Crippen LogP contribution is 2.32. The van der Waals surface area contributed by atoms with E-state index < -0.39 is 0 Å². The van der Waals surface area contributed by atoms with Gasteiger partial charge in [-0.05, 0) is 65.7 Å². The van der Waals surface area contributed by atoms with Crippen LogP contribution in [0.2, 0.25) is 0 Å². The number of hydrogen-bond donors (Lipinski definition) is 0. The summed E-state index contributed by atoms with van der Waals surface area (Å²) >= 11 is 0. The van der Waals surface area contributed by atoms with Crippen molar-refractivity contribution in [2.24, 2.45) is 0 Å². The lowest BCUT2D eigenvalue weighted by molar-refractivity contribution is 1.13. The highest BCUT2D eigenvalue weighted by molar-refractivity contribution is 6.09. The summed E-state index contributed by atoms with van der Waals surface area (Å²) in [5.74, 6) is 0.621. The first-order valence-corrected chi connectivity index (χ1v) is 13.3. The van der Waals surface area contributed by atoms with Crippen molar-refractivity contribution in [3.63, 3.8) is 0 Å². The first-order valence-electron chi connectivity index (χ1n) is 13.3. The number of nitrogens with zero attached hydrogens (tertiary/aromatic N) is 5. The summed E-state index contributed by atoms with van der Waals surface area (Å²) in [6.07, 6.45) is 7.90. The Morgan fingerprint density at radius 3 is 2.10 bits per heavy atom. The Hall–Kier alpha value is -5.29. The van der Waals surface area contributed by atoms with Gasteiger partial charge in [0, 0.05) is 54.0 Å². The molecule has 5 heteroatoms. The van der Waals surface area contributed by atoms with Crippen LogP contribution in [-0.2, 0) is 0 Å². The van der Waals surface area contributed by atoms with Crippen molar-refractivity contribution in [2.45, 2.75) is 0 Å². The standard InChI is InChI=1S/C35H27N5/c1-39(2)28-17-18-31-26(22-28)23-37-35(38-31)32-21-25(19-20-36-32)12-11-24-13-15-27(16-14-24)40-33-9-5-3-7-29(33)30-8-4-6-10-34(30)40/h3-23H,1-2H3/b12-11+. The van der Waals surface area contributed by atoms with Crippen LogP contribution in [0.3, 0.4) is 0 Å². The van der Waals surface area contributed by atoms with E-state index in [1.165, 1.54) is 21.8 Å². The van der Waals surface area contributed by atoms with Crippen molar-refractivity contribution >= 4 is 50.5 Å². The fourth-order valence-corrected chi connectivity index (χ4v) is 5.22. The van der Waals surface area contributed by atoms with Crippen molar-refractivity contribution in [2.75, 3.05) is 19.0 Å². The lowest BCUT2D eigenvalue weighted by atomic mass is 10.1. The number of pyridine rings is 1. The number of aromatic nitrogens is 4. The van der Waals surface area contributed by atoms with Crippen molar-refractivity contribution in [3.05, 3.63) is 127 Å². The van der Waals surface area contributed by atoms with Crippen molar-refractivity contribution in [3.8, 4) is 17.2 Å². The van der Waals surface area contributed by atoms with E-state index in [1.54, 1.807) is 0 Å². The first-order chi connectivity index (χ1) is 19.6. The molecule has 0 atom stereocenters. The Kier molecular flexibility index (Phi) is 5.82. The lowest BCUT2D eigenvalue weighted by Gasteiger charge is -2.12. The van der Waals surface area contributed by atoms with Gasteiger partial charge >= 0.3 is 0 Å². The van der Waals surface area contributed by atoms with Crippen molar-refractivity contribution in [1.29, 1.82) is 0 Å². The van der Waals surface area contributed by atoms with E-state index in [0.29, 0.717) is 5.82 Å². The summed E-state index contributed by atoms with van der Waals surface area (Å²) in [6, 6.07) is 36.1. The van der Waals surface area contributed by atoms with Crippen molar-refractivity contribution in [1.82, 2.24) is 19.5 Å². The Balaban J connectivity index is 1.16. The van der Waals surface area contributed by atoms with E-state index in [0.717, 1.165) is 39.1 Å². The van der Waals surface area contributed by atoms with E-state index >= 15 is 0 Å². The van der Waals surface area contributed by atoms with Crippen molar-refractivity contribution < 1.29 is 0 Å². The molecule has 0 saturated carbocycles. The van der Waals surface area contributed by atoms with Gasteiger partial charge in [-0.1, -0.05) is 60.7 Å². The molecule has 40 heavy (non-hydrogen) atoms. The summed E-state index contributed by atoms with van der Waals surface area (Å²) in [5.41, 5.74) is 8.52. The van der Waals surface area contributed by atoms with Gasteiger partial charge in [0.05, 0.1) is 16.6 Å². The molecule has 4 aromatic carbocycles. The van der Waals surface area contributed by atoms with E-state index in [1.807, 2.05) is 44.7 Å². The number of fused-ring (bicyclic) bond motifs is 4. The maximum Gasteiger partial charge on any atom is 0.178 e. The fraction of sp³-hybridized carbons (Fsp3) is 0.0571. The molecule has 0 bridgehead atoms. The Bertz CT molecular complexity index is 1980. The van der Waals surface area contributed by atoms with Gasteiger partial charge in [-0.15, -0.1) is 0 Å². The maximum atomic E-state index is 4.76. The van der Waals surface area contributed by atoms with Gasteiger partial charge in [0.2, 0.25) is 0 Å². The Morgan fingerprint density at radius 1 is 0.675 bits per heavy atom. The molecule has 5 nitrogen and oxygen atoms in total. The summed E-state index contributed by atoms with van der Waals surface area (Å²) in [7, 11) is 4.05. The minimum absolute atomic E-state index is 0.621. The smallest absolute Gasteiger partial charge is 0.178 e. The second kappa shape index (κ2) is 9.79. The average molecular weight is 518 g/mol. The molecule has 0 saturated heterocycles. The zero-order chi connectivity index (χ0) is 27.1. The number of benzene rings is 4. The molecule has 3 heterocycles. The van der Waals surface area contributed by atoms with E-state index in [4.69, 9.17) is 4.98 Å². The predicted octanol–water partition coefficient (Wildman–Crippen LogP) is 8.03. The quantitative estimate of drug-likeness (QED) is 0.232. The molecule has 7 rings (SSSR count). The largest absolute Gasteiger partial charge is 0.378 e. The minimum Gasteiger partial charge on any atom is -0.378 e. The van der Waals surface area contributed by atoms with Crippen LogP contribution >= 0.6 is 0 Å². The van der Waals surface area contributed by atoms with Crippen LogP contribution in [0.15, 0.2) is 116 Å². The molecule has 0 spiro atoms. The molecule has 7 aromatic rings. The zero-order valence-corrected chi connectivity index (χ0v) is 22.4. The normalized spacial score (nSPS) is 11.7. The zero-order valence-electron chi connectivity index (χ0n) is 22.4. The molecule has 0 aliphatic rings. The van der Waals surface area contributed by atoms with Gasteiger partial charge in [0.1, 0.15) is 5.69 Å². The van der Waals surface area contributed by atoms with Gasteiger partial charge in [0.15, 0.2) is 5.82 Å². The number of rotatable bonds is 5.